The van der Waals surface area contributed by atoms with Crippen LogP contribution in [0.3, 0.4) is 0 Å². The van der Waals surface area contributed by atoms with Crippen LogP contribution in [0.5, 0.6) is 0 Å². The van der Waals surface area contributed by atoms with Crippen molar-refractivity contribution in [1.82, 2.24) is 20.4 Å². The van der Waals surface area contributed by atoms with E-state index in [1.165, 1.54) is 6.07 Å². The van der Waals surface area contributed by atoms with Crippen LogP contribution in [-0.4, -0.2) is 80.7 Å². The van der Waals surface area contributed by atoms with Crippen molar-refractivity contribution in [1.29, 1.82) is 0 Å². The van der Waals surface area contributed by atoms with Crippen molar-refractivity contribution in [2.75, 3.05) is 52.9 Å². The minimum Gasteiger partial charge on any atom is -0.450 e. The number of aryl methyl sites for hydroxylation is 1. The Morgan fingerprint density at radius 3 is 2.39 bits per heavy atom. The molecule has 1 aliphatic heterocycles. The van der Waals surface area contributed by atoms with Gasteiger partial charge in [-0.3, -0.25) is 9.79 Å². The lowest BCUT2D eigenvalue weighted by atomic mass is 10.1. The van der Waals surface area contributed by atoms with Gasteiger partial charge in [-0.2, -0.15) is 0 Å². The second-order valence-corrected chi connectivity index (χ2v) is 6.37. The molecule has 0 aromatic heterocycles. The molecule has 0 aliphatic carbocycles. The number of halogens is 1. The molecule has 1 heterocycles. The Morgan fingerprint density at radius 1 is 1.14 bits per heavy atom. The molecule has 0 radical (unpaired) electrons. The van der Waals surface area contributed by atoms with E-state index in [0.29, 0.717) is 63.0 Å². The van der Waals surface area contributed by atoms with E-state index >= 15 is 0 Å². The summed E-state index contributed by atoms with van der Waals surface area (Å²) in [6.45, 7) is 7.07. The fraction of sp³-hybridized carbons (Fsp3) is 0.526. The zero-order chi connectivity index (χ0) is 20.5. The smallest absolute Gasteiger partial charge is 0.409 e. The molecule has 2 amide bonds. The second-order valence-electron chi connectivity index (χ2n) is 6.37. The number of hydrogen-bond acceptors (Lipinski definition) is 4. The topological polar surface area (TPSA) is 86.3 Å². The molecule has 0 unspecified atom stereocenters. The average molecular weight is 393 g/mol. The fourth-order valence-electron chi connectivity index (χ4n) is 2.83. The maximum atomic E-state index is 13.6. The number of hydrogen-bond donors (Lipinski definition) is 2. The van der Waals surface area contributed by atoms with Gasteiger partial charge >= 0.3 is 6.09 Å². The van der Waals surface area contributed by atoms with E-state index in [1.807, 2.05) is 4.90 Å². The molecule has 9 heteroatoms. The van der Waals surface area contributed by atoms with Gasteiger partial charge in [0.15, 0.2) is 5.96 Å². The lowest BCUT2D eigenvalue weighted by Crippen LogP contribution is -2.54. The number of carbonyl (C=O) groups is 2. The van der Waals surface area contributed by atoms with Crippen LogP contribution in [0.1, 0.15) is 22.8 Å². The highest BCUT2D eigenvalue weighted by atomic mass is 19.1. The highest BCUT2D eigenvalue weighted by Crippen LogP contribution is 2.09. The number of aliphatic imine (C=N–C) groups is 1. The molecule has 1 aliphatic rings. The number of ether oxygens (including phenoxy) is 1. The van der Waals surface area contributed by atoms with Crippen molar-refractivity contribution >= 4 is 18.0 Å². The first-order valence-corrected chi connectivity index (χ1v) is 9.38. The van der Waals surface area contributed by atoms with Gasteiger partial charge in [0.1, 0.15) is 5.82 Å². The third kappa shape index (κ3) is 5.83. The molecule has 0 saturated carbocycles. The van der Waals surface area contributed by atoms with Crippen LogP contribution in [0.25, 0.3) is 0 Å². The number of nitrogens with one attached hydrogen (secondary N) is 2. The van der Waals surface area contributed by atoms with Crippen LogP contribution in [0, 0.1) is 12.7 Å². The number of piperazine rings is 1. The first-order valence-electron chi connectivity index (χ1n) is 9.38. The number of rotatable bonds is 5. The lowest BCUT2D eigenvalue weighted by molar-refractivity contribution is 0.0914. The minimum absolute atomic E-state index is 0.291. The van der Waals surface area contributed by atoms with Crippen molar-refractivity contribution in [3.05, 3.63) is 35.1 Å². The molecule has 154 valence electrons. The summed E-state index contributed by atoms with van der Waals surface area (Å²) in [5.41, 5.74) is 0.799. The SMILES string of the molecule is CCOC(=O)N1CCN(C(=NC)NCCNC(=O)c2ccc(C)c(F)c2)CC1. The fourth-order valence-corrected chi connectivity index (χ4v) is 2.83. The largest absolute Gasteiger partial charge is 0.450 e. The number of benzene rings is 1. The summed E-state index contributed by atoms with van der Waals surface area (Å²) in [4.78, 5) is 31.8. The third-order valence-corrected chi connectivity index (χ3v) is 4.44. The molecule has 2 N–H and O–H groups in total. The standard InChI is InChI=1S/C19H28FN5O3/c1-4-28-19(27)25-11-9-24(10-12-25)18(21-3)23-8-7-22-17(26)15-6-5-14(2)16(20)13-15/h5-6,13H,4,7-12H2,1-3H3,(H,21,23)(H,22,26). The summed E-state index contributed by atoms with van der Waals surface area (Å²) in [5, 5.41) is 5.94. The molecule has 1 aromatic rings. The molecule has 0 bridgehead atoms. The first-order chi connectivity index (χ1) is 13.5. The van der Waals surface area contributed by atoms with Gasteiger partial charge in [0.2, 0.25) is 0 Å². The normalized spacial score (nSPS) is 14.6. The molecule has 2 rings (SSSR count). The quantitative estimate of drug-likeness (QED) is 0.446. The number of amides is 2. The summed E-state index contributed by atoms with van der Waals surface area (Å²) >= 11 is 0. The second kappa shape index (κ2) is 10.5. The highest BCUT2D eigenvalue weighted by Gasteiger charge is 2.23. The van der Waals surface area contributed by atoms with E-state index in [-0.39, 0.29) is 12.0 Å². The van der Waals surface area contributed by atoms with Crippen molar-refractivity contribution in [3.8, 4) is 0 Å². The van der Waals surface area contributed by atoms with Crippen LogP contribution in [0.4, 0.5) is 9.18 Å². The van der Waals surface area contributed by atoms with Crippen molar-refractivity contribution in [3.63, 3.8) is 0 Å². The predicted molar refractivity (Wildman–Crippen MR) is 105 cm³/mol. The first kappa shape index (κ1) is 21.5. The molecule has 28 heavy (non-hydrogen) atoms. The number of guanidine groups is 1. The molecule has 1 saturated heterocycles. The van der Waals surface area contributed by atoms with Crippen LogP contribution in [0.2, 0.25) is 0 Å². The van der Waals surface area contributed by atoms with Gasteiger partial charge in [0.25, 0.3) is 5.91 Å². The predicted octanol–water partition coefficient (Wildman–Crippen LogP) is 1.21. The van der Waals surface area contributed by atoms with E-state index in [4.69, 9.17) is 4.74 Å². The Morgan fingerprint density at radius 2 is 1.79 bits per heavy atom. The van der Waals surface area contributed by atoms with E-state index in [1.54, 1.807) is 37.9 Å². The highest BCUT2D eigenvalue weighted by molar-refractivity contribution is 5.94. The zero-order valence-corrected chi connectivity index (χ0v) is 16.6. The summed E-state index contributed by atoms with van der Waals surface area (Å²) in [6.07, 6.45) is -0.291. The maximum absolute atomic E-state index is 13.6. The molecular weight excluding hydrogens is 365 g/mol. The van der Waals surface area contributed by atoms with E-state index in [9.17, 15) is 14.0 Å². The molecule has 0 atom stereocenters. The lowest BCUT2D eigenvalue weighted by Gasteiger charge is -2.35. The molecule has 8 nitrogen and oxygen atoms in total. The summed E-state index contributed by atoms with van der Waals surface area (Å²) in [6, 6.07) is 4.42. The van der Waals surface area contributed by atoms with Crippen molar-refractivity contribution < 1.29 is 18.7 Å². The average Bonchev–Trinajstić information content (AvgIpc) is 2.70. The maximum Gasteiger partial charge on any atom is 0.409 e. The van der Waals surface area contributed by atoms with E-state index < -0.39 is 5.82 Å². The number of carbonyl (C=O) groups excluding carboxylic acids is 2. The van der Waals surface area contributed by atoms with Crippen LogP contribution in [-0.2, 0) is 4.74 Å². The molecule has 0 spiro atoms. The minimum atomic E-state index is -0.395. The molecule has 1 aromatic carbocycles. The molecule has 1 fully saturated rings. The number of nitrogens with zero attached hydrogens (tertiary/aromatic N) is 3. The van der Waals surface area contributed by atoms with Gasteiger partial charge in [0.05, 0.1) is 6.61 Å². The van der Waals surface area contributed by atoms with Crippen molar-refractivity contribution in [2.45, 2.75) is 13.8 Å². The van der Waals surface area contributed by atoms with E-state index in [2.05, 4.69) is 15.6 Å². The monoisotopic (exact) mass is 393 g/mol. The Hall–Kier alpha value is -2.84. The summed E-state index contributed by atoms with van der Waals surface area (Å²) < 4.78 is 18.6. The van der Waals surface area contributed by atoms with Gasteiger partial charge in [-0.15, -0.1) is 0 Å². The van der Waals surface area contributed by atoms with Gasteiger partial charge in [-0.25, -0.2) is 9.18 Å². The summed E-state index contributed by atoms with van der Waals surface area (Å²) in [5.74, 6) is -0.00832. The van der Waals surface area contributed by atoms with Crippen LogP contribution in [0.15, 0.2) is 23.2 Å². The Labute approximate surface area is 164 Å². The van der Waals surface area contributed by atoms with Crippen LogP contribution >= 0.6 is 0 Å². The third-order valence-electron chi connectivity index (χ3n) is 4.44. The Balaban J connectivity index is 1.73. The van der Waals surface area contributed by atoms with Crippen molar-refractivity contribution in [2.24, 2.45) is 4.99 Å². The summed E-state index contributed by atoms with van der Waals surface area (Å²) in [7, 11) is 1.69. The Bertz CT molecular complexity index is 718. The van der Waals surface area contributed by atoms with Gasteiger partial charge in [0, 0.05) is 51.9 Å². The van der Waals surface area contributed by atoms with E-state index in [0.717, 1.165) is 0 Å². The zero-order valence-electron chi connectivity index (χ0n) is 16.6. The Kier molecular flexibility index (Phi) is 8.03. The van der Waals surface area contributed by atoms with Gasteiger partial charge in [-0.05, 0) is 31.5 Å². The van der Waals surface area contributed by atoms with Gasteiger partial charge < -0.3 is 25.2 Å². The van der Waals surface area contributed by atoms with Crippen LogP contribution < -0.4 is 10.6 Å². The molecular formula is C19H28FN5O3. The van der Waals surface area contributed by atoms with Gasteiger partial charge in [-0.1, -0.05) is 6.07 Å².